The van der Waals surface area contributed by atoms with Crippen molar-refractivity contribution < 1.29 is 19.8 Å². The third kappa shape index (κ3) is 4.81. The maximum atomic E-state index is 13.6. The number of amides is 2. The molecule has 4 N–H and O–H groups in total. The fourth-order valence-electron chi connectivity index (χ4n) is 4.66. The fraction of sp³-hybridized carbons (Fsp3) is 0.385. The second kappa shape index (κ2) is 10.4. The average molecular weight is 528 g/mol. The summed E-state index contributed by atoms with van der Waals surface area (Å²) in [5.41, 5.74) is 0.999. The Balaban J connectivity index is 1.59. The van der Waals surface area contributed by atoms with Crippen LogP contribution in [0.25, 0.3) is 0 Å². The van der Waals surface area contributed by atoms with Crippen LogP contribution in [0.2, 0.25) is 0 Å². The highest BCUT2D eigenvalue weighted by Gasteiger charge is 2.52. The van der Waals surface area contributed by atoms with Crippen LogP contribution in [0.4, 0.5) is 11.4 Å². The lowest BCUT2D eigenvalue weighted by Crippen LogP contribution is -2.44. The first-order valence-corrected chi connectivity index (χ1v) is 12.4. The fourth-order valence-corrected chi connectivity index (χ4v) is 5.02. The van der Waals surface area contributed by atoms with Gasteiger partial charge in [0.1, 0.15) is 0 Å². The largest absolute Gasteiger partial charge is 0.396 e. The smallest absolute Gasteiger partial charge is 0.264 e. The van der Waals surface area contributed by atoms with Crippen molar-refractivity contribution in [2.75, 3.05) is 23.4 Å². The molecule has 0 saturated carbocycles. The second-order valence-electron chi connectivity index (χ2n) is 8.89. The SMILES string of the molecule is C[C@H](/C=C/CCO)[C@@]1(O)C(=O)N(Cc2cccc(NC(=O)[C@H]3CCCN3)c2)c2ccc(Br)cc21. The van der Waals surface area contributed by atoms with E-state index in [1.807, 2.05) is 36.4 Å². The summed E-state index contributed by atoms with van der Waals surface area (Å²) in [6.07, 6.45) is 5.82. The van der Waals surface area contributed by atoms with Crippen molar-refractivity contribution in [1.82, 2.24) is 5.32 Å². The summed E-state index contributed by atoms with van der Waals surface area (Å²) in [6.45, 7) is 2.91. The van der Waals surface area contributed by atoms with E-state index in [2.05, 4.69) is 26.6 Å². The molecule has 180 valence electrons. The quantitative estimate of drug-likeness (QED) is 0.394. The number of benzene rings is 2. The molecule has 2 aliphatic heterocycles. The number of anilines is 2. The number of nitrogens with one attached hydrogen (secondary N) is 2. The standard InChI is InChI=1S/C26H30BrN3O4/c1-17(6-2-3-13-31)26(34)21-15-19(27)10-11-23(21)30(25(26)33)16-18-7-4-8-20(14-18)29-24(32)22-9-5-12-28-22/h2,4,6-8,10-11,14-15,17,22,28,31,34H,3,5,9,12-13,16H2,1H3,(H,29,32)/b6-2+/t17-,22-,26+/m1/s1. The molecule has 0 aromatic heterocycles. The number of carbonyl (C=O) groups excluding carboxylic acids is 2. The van der Waals surface area contributed by atoms with Crippen LogP contribution >= 0.6 is 15.9 Å². The van der Waals surface area contributed by atoms with Crippen LogP contribution in [0.15, 0.2) is 59.1 Å². The van der Waals surface area contributed by atoms with Crippen molar-refractivity contribution in [2.45, 2.75) is 44.4 Å². The van der Waals surface area contributed by atoms with Crippen LogP contribution < -0.4 is 15.5 Å². The molecule has 0 radical (unpaired) electrons. The minimum atomic E-state index is -1.72. The van der Waals surface area contributed by atoms with Crippen molar-refractivity contribution in [3.8, 4) is 0 Å². The van der Waals surface area contributed by atoms with Crippen LogP contribution in [0.3, 0.4) is 0 Å². The van der Waals surface area contributed by atoms with E-state index in [1.165, 1.54) is 0 Å². The molecule has 0 aliphatic carbocycles. The van der Waals surface area contributed by atoms with Gasteiger partial charge < -0.3 is 25.7 Å². The van der Waals surface area contributed by atoms with Gasteiger partial charge in [0.05, 0.1) is 18.3 Å². The zero-order valence-electron chi connectivity index (χ0n) is 19.1. The number of rotatable bonds is 8. The van der Waals surface area contributed by atoms with Gasteiger partial charge in [0.15, 0.2) is 5.60 Å². The monoisotopic (exact) mass is 527 g/mol. The van der Waals surface area contributed by atoms with Gasteiger partial charge in [-0.2, -0.15) is 0 Å². The molecule has 1 fully saturated rings. The number of nitrogens with zero attached hydrogens (tertiary/aromatic N) is 1. The summed E-state index contributed by atoms with van der Waals surface area (Å²) in [7, 11) is 0. The zero-order valence-corrected chi connectivity index (χ0v) is 20.7. The molecule has 0 unspecified atom stereocenters. The first kappa shape index (κ1) is 24.6. The Bertz CT molecular complexity index is 1100. The number of aliphatic hydroxyl groups is 2. The normalized spacial score (nSPS) is 22.9. The first-order valence-electron chi connectivity index (χ1n) is 11.6. The number of hydrogen-bond donors (Lipinski definition) is 4. The molecule has 3 atom stereocenters. The van der Waals surface area contributed by atoms with E-state index >= 15 is 0 Å². The average Bonchev–Trinajstić information content (AvgIpc) is 3.43. The lowest BCUT2D eigenvalue weighted by atomic mass is 9.83. The molecular weight excluding hydrogens is 498 g/mol. The summed E-state index contributed by atoms with van der Waals surface area (Å²) in [5.74, 6) is -0.944. The summed E-state index contributed by atoms with van der Waals surface area (Å²) in [4.78, 5) is 27.7. The summed E-state index contributed by atoms with van der Waals surface area (Å²) in [6, 6.07) is 12.7. The molecule has 7 nitrogen and oxygen atoms in total. The Morgan fingerprint density at radius 3 is 2.91 bits per heavy atom. The third-order valence-electron chi connectivity index (χ3n) is 6.52. The van der Waals surface area contributed by atoms with Gasteiger partial charge in [0.2, 0.25) is 5.91 Å². The molecule has 4 rings (SSSR count). The molecule has 0 spiro atoms. The summed E-state index contributed by atoms with van der Waals surface area (Å²) < 4.78 is 0.774. The van der Waals surface area contributed by atoms with Crippen LogP contribution in [0.5, 0.6) is 0 Å². The van der Waals surface area contributed by atoms with Gasteiger partial charge in [-0.3, -0.25) is 9.59 Å². The predicted molar refractivity (Wildman–Crippen MR) is 135 cm³/mol. The van der Waals surface area contributed by atoms with Crippen molar-refractivity contribution in [1.29, 1.82) is 0 Å². The minimum Gasteiger partial charge on any atom is -0.396 e. The lowest BCUT2D eigenvalue weighted by Gasteiger charge is -2.27. The van der Waals surface area contributed by atoms with Gasteiger partial charge in [-0.1, -0.05) is 47.1 Å². The number of aliphatic hydroxyl groups excluding tert-OH is 1. The lowest BCUT2D eigenvalue weighted by molar-refractivity contribution is -0.139. The maximum absolute atomic E-state index is 13.6. The first-order chi connectivity index (χ1) is 16.3. The molecule has 1 saturated heterocycles. The Labute approximate surface area is 208 Å². The molecular formula is C26H30BrN3O4. The van der Waals surface area contributed by atoms with E-state index < -0.39 is 17.4 Å². The highest BCUT2D eigenvalue weighted by atomic mass is 79.9. The van der Waals surface area contributed by atoms with E-state index in [4.69, 9.17) is 5.11 Å². The summed E-state index contributed by atoms with van der Waals surface area (Å²) in [5, 5.41) is 26.9. The Hall–Kier alpha value is -2.52. The second-order valence-corrected chi connectivity index (χ2v) is 9.80. The maximum Gasteiger partial charge on any atom is 0.264 e. The minimum absolute atomic E-state index is 0.00748. The molecule has 2 aromatic rings. The van der Waals surface area contributed by atoms with Gasteiger partial charge >= 0.3 is 0 Å². The molecule has 2 heterocycles. The van der Waals surface area contributed by atoms with Crippen molar-refractivity contribution in [3.05, 3.63) is 70.2 Å². The van der Waals surface area contributed by atoms with Crippen LogP contribution in [0.1, 0.15) is 37.3 Å². The van der Waals surface area contributed by atoms with Crippen molar-refractivity contribution >= 4 is 39.1 Å². The van der Waals surface area contributed by atoms with Crippen molar-refractivity contribution in [2.24, 2.45) is 5.92 Å². The highest BCUT2D eigenvalue weighted by Crippen LogP contribution is 2.46. The predicted octanol–water partition coefficient (Wildman–Crippen LogP) is 3.45. The van der Waals surface area contributed by atoms with E-state index in [1.54, 1.807) is 30.0 Å². The molecule has 2 amide bonds. The molecule has 0 bridgehead atoms. The summed E-state index contributed by atoms with van der Waals surface area (Å²) >= 11 is 3.46. The van der Waals surface area contributed by atoms with Crippen LogP contribution in [-0.4, -0.2) is 41.2 Å². The van der Waals surface area contributed by atoms with E-state index in [9.17, 15) is 14.7 Å². The Morgan fingerprint density at radius 1 is 1.35 bits per heavy atom. The van der Waals surface area contributed by atoms with Crippen LogP contribution in [0, 0.1) is 5.92 Å². The number of halogens is 1. The zero-order chi connectivity index (χ0) is 24.3. The van der Waals surface area contributed by atoms with Gasteiger partial charge in [-0.05, 0) is 61.7 Å². The van der Waals surface area contributed by atoms with Crippen molar-refractivity contribution in [3.63, 3.8) is 0 Å². The van der Waals surface area contributed by atoms with Gasteiger partial charge in [-0.25, -0.2) is 0 Å². The van der Waals surface area contributed by atoms with E-state index in [0.717, 1.165) is 29.4 Å². The van der Waals surface area contributed by atoms with E-state index in [0.29, 0.717) is 23.4 Å². The molecule has 2 aliphatic rings. The van der Waals surface area contributed by atoms with E-state index in [-0.39, 0.29) is 25.1 Å². The number of hydrogen-bond acceptors (Lipinski definition) is 5. The Morgan fingerprint density at radius 2 is 2.18 bits per heavy atom. The van der Waals surface area contributed by atoms with Crippen LogP contribution in [-0.2, 0) is 21.7 Å². The number of fused-ring (bicyclic) bond motifs is 1. The molecule has 8 heteroatoms. The molecule has 2 aromatic carbocycles. The van der Waals surface area contributed by atoms with Gasteiger partial charge in [0.25, 0.3) is 5.91 Å². The molecule has 34 heavy (non-hydrogen) atoms. The number of carbonyl (C=O) groups is 2. The van der Waals surface area contributed by atoms with Gasteiger partial charge in [-0.15, -0.1) is 0 Å². The topological polar surface area (TPSA) is 102 Å². The van der Waals surface area contributed by atoms with Gasteiger partial charge in [0, 0.05) is 28.2 Å². The Kier molecular flexibility index (Phi) is 7.52. The third-order valence-corrected chi connectivity index (χ3v) is 7.02. The highest BCUT2D eigenvalue weighted by molar-refractivity contribution is 9.10.